The Balaban J connectivity index is 1.83. The van der Waals surface area contributed by atoms with Gasteiger partial charge in [0.05, 0.1) is 0 Å². The molecule has 2 fully saturated rings. The zero-order chi connectivity index (χ0) is 9.97. The van der Waals surface area contributed by atoms with Crippen molar-refractivity contribution in [3.05, 3.63) is 0 Å². The van der Waals surface area contributed by atoms with E-state index in [0.29, 0.717) is 6.04 Å². The Morgan fingerprint density at radius 1 is 1.14 bits per heavy atom. The van der Waals surface area contributed by atoms with Crippen LogP contribution in [0.15, 0.2) is 0 Å². The summed E-state index contributed by atoms with van der Waals surface area (Å²) in [6.45, 7) is 4.65. The molecular weight excluding hydrogens is 174 g/mol. The molecule has 3 heteroatoms. The lowest BCUT2D eigenvalue weighted by atomic mass is 10.2. The molecule has 82 valence electrons. The number of nitrogens with two attached hydrogens (primary N) is 1. The number of nitrogens with zero attached hydrogens (tertiary/aromatic N) is 2. The van der Waals surface area contributed by atoms with E-state index in [4.69, 9.17) is 5.73 Å². The fourth-order valence-corrected chi connectivity index (χ4v) is 2.88. The second kappa shape index (κ2) is 4.60. The van der Waals surface area contributed by atoms with Crippen LogP contribution in [0.2, 0.25) is 0 Å². The Morgan fingerprint density at radius 3 is 2.50 bits per heavy atom. The summed E-state index contributed by atoms with van der Waals surface area (Å²) in [6, 6.07) is 1.46. The maximum Gasteiger partial charge on any atom is 0.0220 e. The SMILES string of the molecule is CN1CCCC1CN1CCC[C@@H]1CN. The molecule has 1 unspecified atom stereocenters. The lowest BCUT2D eigenvalue weighted by Gasteiger charge is -2.29. The molecule has 0 radical (unpaired) electrons. The van der Waals surface area contributed by atoms with Crippen molar-refractivity contribution < 1.29 is 0 Å². The molecule has 0 aromatic heterocycles. The lowest BCUT2D eigenvalue weighted by Crippen LogP contribution is -2.43. The van der Waals surface area contributed by atoms with E-state index in [-0.39, 0.29) is 0 Å². The van der Waals surface area contributed by atoms with Gasteiger partial charge >= 0.3 is 0 Å². The molecule has 14 heavy (non-hydrogen) atoms. The van der Waals surface area contributed by atoms with Gasteiger partial charge in [-0.1, -0.05) is 0 Å². The number of likely N-dealkylation sites (N-methyl/N-ethyl adjacent to an activating group) is 1. The van der Waals surface area contributed by atoms with Gasteiger partial charge in [0.2, 0.25) is 0 Å². The highest BCUT2D eigenvalue weighted by atomic mass is 15.2. The summed E-state index contributed by atoms with van der Waals surface area (Å²) >= 11 is 0. The summed E-state index contributed by atoms with van der Waals surface area (Å²) in [5.41, 5.74) is 5.78. The Bertz CT molecular complexity index is 183. The van der Waals surface area contributed by atoms with Crippen LogP contribution in [-0.2, 0) is 0 Å². The smallest absolute Gasteiger partial charge is 0.0220 e. The minimum atomic E-state index is 0.670. The molecule has 2 rings (SSSR count). The van der Waals surface area contributed by atoms with Crippen molar-refractivity contribution in [3.8, 4) is 0 Å². The highest BCUT2D eigenvalue weighted by molar-refractivity contribution is 4.86. The van der Waals surface area contributed by atoms with E-state index in [1.165, 1.54) is 45.3 Å². The molecule has 0 aliphatic carbocycles. The Labute approximate surface area is 87.2 Å². The third-order valence-electron chi connectivity index (χ3n) is 3.89. The first-order valence-corrected chi connectivity index (χ1v) is 5.95. The van der Waals surface area contributed by atoms with Crippen LogP contribution >= 0.6 is 0 Å². The second-order valence-corrected chi connectivity index (χ2v) is 4.80. The van der Waals surface area contributed by atoms with Crippen molar-refractivity contribution in [2.24, 2.45) is 5.73 Å². The molecule has 0 bridgehead atoms. The van der Waals surface area contributed by atoms with E-state index < -0.39 is 0 Å². The average molecular weight is 197 g/mol. The van der Waals surface area contributed by atoms with Gasteiger partial charge in [-0.25, -0.2) is 0 Å². The number of hydrogen-bond acceptors (Lipinski definition) is 3. The number of likely N-dealkylation sites (tertiary alicyclic amines) is 2. The maximum atomic E-state index is 5.78. The molecule has 2 aliphatic heterocycles. The summed E-state index contributed by atoms with van der Waals surface area (Å²) < 4.78 is 0. The number of rotatable bonds is 3. The molecule has 0 saturated carbocycles. The summed E-state index contributed by atoms with van der Waals surface area (Å²) in [6.07, 6.45) is 5.41. The standard InChI is InChI=1S/C11H23N3/c1-13-6-2-5-11(13)9-14-7-3-4-10(14)8-12/h10-11H,2-9,12H2,1H3/t10-,11?/m1/s1. The highest BCUT2D eigenvalue weighted by Gasteiger charge is 2.28. The molecule has 0 amide bonds. The first-order valence-electron chi connectivity index (χ1n) is 5.95. The molecule has 0 aromatic rings. The average Bonchev–Trinajstić information content (AvgIpc) is 2.77. The van der Waals surface area contributed by atoms with Gasteiger partial charge in [-0.2, -0.15) is 0 Å². The van der Waals surface area contributed by atoms with Crippen molar-refractivity contribution in [2.45, 2.75) is 37.8 Å². The van der Waals surface area contributed by atoms with Gasteiger partial charge in [0, 0.05) is 25.2 Å². The normalized spacial score (nSPS) is 35.6. The van der Waals surface area contributed by atoms with Crippen LogP contribution in [0.1, 0.15) is 25.7 Å². The van der Waals surface area contributed by atoms with Gasteiger partial charge in [-0.15, -0.1) is 0 Å². The number of hydrogen-bond donors (Lipinski definition) is 1. The summed E-state index contributed by atoms with van der Waals surface area (Å²) in [4.78, 5) is 5.11. The monoisotopic (exact) mass is 197 g/mol. The predicted octanol–water partition coefficient (Wildman–Crippen LogP) is 0.504. The molecule has 0 aromatic carbocycles. The lowest BCUT2D eigenvalue weighted by molar-refractivity contribution is 0.184. The molecular formula is C11H23N3. The first-order chi connectivity index (χ1) is 6.81. The first kappa shape index (κ1) is 10.4. The van der Waals surface area contributed by atoms with Crippen LogP contribution in [0.4, 0.5) is 0 Å². The molecule has 2 heterocycles. The van der Waals surface area contributed by atoms with Crippen molar-refractivity contribution >= 4 is 0 Å². The van der Waals surface area contributed by atoms with E-state index >= 15 is 0 Å². The predicted molar refractivity (Wildman–Crippen MR) is 59.3 cm³/mol. The van der Waals surface area contributed by atoms with Crippen LogP contribution in [0.5, 0.6) is 0 Å². The molecule has 2 saturated heterocycles. The third-order valence-corrected chi connectivity index (χ3v) is 3.89. The van der Waals surface area contributed by atoms with E-state index in [0.717, 1.165) is 12.6 Å². The Morgan fingerprint density at radius 2 is 1.86 bits per heavy atom. The maximum absolute atomic E-state index is 5.78. The van der Waals surface area contributed by atoms with Gasteiger partial charge in [0.1, 0.15) is 0 Å². The van der Waals surface area contributed by atoms with Crippen molar-refractivity contribution in [3.63, 3.8) is 0 Å². The van der Waals surface area contributed by atoms with Crippen LogP contribution in [0.3, 0.4) is 0 Å². The largest absolute Gasteiger partial charge is 0.329 e. The van der Waals surface area contributed by atoms with Crippen LogP contribution in [-0.4, -0.2) is 55.1 Å². The van der Waals surface area contributed by atoms with Crippen LogP contribution in [0, 0.1) is 0 Å². The molecule has 3 nitrogen and oxygen atoms in total. The fraction of sp³-hybridized carbons (Fsp3) is 1.00. The minimum Gasteiger partial charge on any atom is -0.329 e. The Kier molecular flexibility index (Phi) is 3.42. The van der Waals surface area contributed by atoms with Gasteiger partial charge in [-0.3, -0.25) is 4.90 Å². The molecule has 2 atom stereocenters. The van der Waals surface area contributed by atoms with Crippen molar-refractivity contribution in [1.29, 1.82) is 0 Å². The van der Waals surface area contributed by atoms with Crippen molar-refractivity contribution in [2.75, 3.05) is 33.2 Å². The summed E-state index contributed by atoms with van der Waals surface area (Å²) in [5.74, 6) is 0. The van der Waals surface area contributed by atoms with Gasteiger partial charge in [0.25, 0.3) is 0 Å². The summed E-state index contributed by atoms with van der Waals surface area (Å²) in [5, 5.41) is 0. The third kappa shape index (κ3) is 2.10. The van der Waals surface area contributed by atoms with Gasteiger partial charge in [0.15, 0.2) is 0 Å². The Hall–Kier alpha value is -0.120. The minimum absolute atomic E-state index is 0.670. The van der Waals surface area contributed by atoms with E-state index in [1.54, 1.807) is 0 Å². The van der Waals surface area contributed by atoms with E-state index in [2.05, 4.69) is 16.8 Å². The molecule has 2 aliphatic rings. The van der Waals surface area contributed by atoms with Gasteiger partial charge < -0.3 is 10.6 Å². The zero-order valence-corrected chi connectivity index (χ0v) is 9.28. The van der Waals surface area contributed by atoms with Crippen LogP contribution < -0.4 is 5.73 Å². The fourth-order valence-electron chi connectivity index (χ4n) is 2.88. The van der Waals surface area contributed by atoms with E-state index in [9.17, 15) is 0 Å². The topological polar surface area (TPSA) is 32.5 Å². The molecule has 2 N–H and O–H groups in total. The zero-order valence-electron chi connectivity index (χ0n) is 9.28. The second-order valence-electron chi connectivity index (χ2n) is 4.80. The van der Waals surface area contributed by atoms with Gasteiger partial charge in [-0.05, 0) is 45.8 Å². The molecule has 0 spiro atoms. The highest BCUT2D eigenvalue weighted by Crippen LogP contribution is 2.21. The van der Waals surface area contributed by atoms with E-state index in [1.807, 2.05) is 0 Å². The van der Waals surface area contributed by atoms with Crippen LogP contribution in [0.25, 0.3) is 0 Å². The summed E-state index contributed by atoms with van der Waals surface area (Å²) in [7, 11) is 2.26. The van der Waals surface area contributed by atoms with Crippen molar-refractivity contribution in [1.82, 2.24) is 9.80 Å². The quantitative estimate of drug-likeness (QED) is 0.715.